The van der Waals surface area contributed by atoms with E-state index in [1.165, 1.54) is 0 Å². The van der Waals surface area contributed by atoms with E-state index in [9.17, 15) is 10.2 Å². The quantitative estimate of drug-likeness (QED) is 0.561. The molecule has 86 valence electrons. The smallest absolute Gasteiger partial charge is 0.0509 e. The zero-order valence-corrected chi connectivity index (χ0v) is 9.46. The van der Waals surface area contributed by atoms with Crippen LogP contribution in [0.15, 0.2) is 0 Å². The summed E-state index contributed by atoms with van der Waals surface area (Å²) in [6.07, 6.45) is 3.63. The van der Waals surface area contributed by atoms with E-state index in [1.54, 1.807) is 0 Å². The van der Waals surface area contributed by atoms with E-state index in [4.69, 9.17) is 4.74 Å². The van der Waals surface area contributed by atoms with Gasteiger partial charge >= 0.3 is 0 Å². The van der Waals surface area contributed by atoms with Gasteiger partial charge < -0.3 is 14.9 Å². The van der Waals surface area contributed by atoms with Gasteiger partial charge in [0.05, 0.1) is 13.2 Å². The molecule has 0 aliphatic carbocycles. The molecule has 0 aromatic carbocycles. The first-order chi connectivity index (χ1) is 6.74. The summed E-state index contributed by atoms with van der Waals surface area (Å²) in [4.78, 5) is 0. The van der Waals surface area contributed by atoms with Gasteiger partial charge in [0.1, 0.15) is 0 Å². The van der Waals surface area contributed by atoms with Crippen molar-refractivity contribution in [3.63, 3.8) is 0 Å². The highest BCUT2D eigenvalue weighted by atomic mass is 16.5. The van der Waals surface area contributed by atoms with Crippen molar-refractivity contribution >= 4 is 0 Å². The van der Waals surface area contributed by atoms with Gasteiger partial charge in [-0.15, -0.1) is 0 Å². The van der Waals surface area contributed by atoms with Crippen molar-refractivity contribution in [3.8, 4) is 0 Å². The molecule has 0 atom stereocenters. The molecule has 0 aliphatic heterocycles. The molecule has 0 amide bonds. The van der Waals surface area contributed by atoms with Gasteiger partial charge in [0.2, 0.25) is 0 Å². The average Bonchev–Trinajstić information content (AvgIpc) is 2.23. The van der Waals surface area contributed by atoms with Gasteiger partial charge in [-0.1, -0.05) is 13.3 Å². The number of hydrogen-bond donors (Lipinski definition) is 2. The summed E-state index contributed by atoms with van der Waals surface area (Å²) < 4.78 is 5.23. The molecule has 0 saturated heterocycles. The largest absolute Gasteiger partial charge is 0.396 e. The molecule has 2 N–H and O–H groups in total. The Morgan fingerprint density at radius 3 is 2.14 bits per heavy atom. The molecule has 0 saturated carbocycles. The Bertz CT molecular complexity index is 122. The maximum atomic E-state index is 9.26. The standard InChI is InChI=1S/C11H24O3/c1-3-6-11(9-12,10-13)7-5-8-14-4-2/h12-13H,3-10H2,1-2H3. The van der Waals surface area contributed by atoms with Crippen LogP contribution in [0.25, 0.3) is 0 Å². The Hall–Kier alpha value is -0.120. The summed E-state index contributed by atoms with van der Waals surface area (Å²) in [5, 5.41) is 18.5. The minimum Gasteiger partial charge on any atom is -0.396 e. The van der Waals surface area contributed by atoms with Crippen LogP contribution in [-0.4, -0.2) is 36.6 Å². The fraction of sp³-hybridized carbons (Fsp3) is 1.00. The zero-order chi connectivity index (χ0) is 10.9. The number of rotatable bonds is 9. The van der Waals surface area contributed by atoms with E-state index in [2.05, 4.69) is 6.92 Å². The minimum absolute atomic E-state index is 0.0729. The molecular weight excluding hydrogens is 180 g/mol. The van der Waals surface area contributed by atoms with Crippen molar-refractivity contribution in [2.45, 2.75) is 39.5 Å². The third-order valence-corrected chi connectivity index (χ3v) is 2.65. The Kier molecular flexibility index (Phi) is 8.14. The predicted molar refractivity (Wildman–Crippen MR) is 57.2 cm³/mol. The molecule has 0 unspecified atom stereocenters. The predicted octanol–water partition coefficient (Wildman–Crippen LogP) is 1.57. The van der Waals surface area contributed by atoms with Gasteiger partial charge in [0, 0.05) is 18.6 Å². The van der Waals surface area contributed by atoms with Gasteiger partial charge in [0.25, 0.3) is 0 Å². The summed E-state index contributed by atoms with van der Waals surface area (Å²) >= 11 is 0. The van der Waals surface area contributed by atoms with Crippen LogP contribution in [0.2, 0.25) is 0 Å². The van der Waals surface area contributed by atoms with Crippen molar-refractivity contribution in [1.29, 1.82) is 0 Å². The van der Waals surface area contributed by atoms with Crippen LogP contribution in [0.4, 0.5) is 0 Å². The first-order valence-corrected chi connectivity index (χ1v) is 5.54. The topological polar surface area (TPSA) is 49.7 Å². The highest BCUT2D eigenvalue weighted by molar-refractivity contribution is 4.77. The number of hydrogen-bond acceptors (Lipinski definition) is 3. The number of ether oxygens (including phenoxy) is 1. The van der Waals surface area contributed by atoms with Crippen LogP contribution in [0.1, 0.15) is 39.5 Å². The van der Waals surface area contributed by atoms with Crippen molar-refractivity contribution < 1.29 is 14.9 Å². The van der Waals surface area contributed by atoms with Crippen molar-refractivity contribution in [2.24, 2.45) is 5.41 Å². The lowest BCUT2D eigenvalue weighted by Gasteiger charge is -2.29. The Balaban J connectivity index is 3.82. The van der Waals surface area contributed by atoms with Gasteiger partial charge in [-0.05, 0) is 26.2 Å². The lowest BCUT2D eigenvalue weighted by Crippen LogP contribution is -2.30. The third kappa shape index (κ3) is 4.94. The lowest BCUT2D eigenvalue weighted by molar-refractivity contribution is 0.0289. The molecule has 0 aromatic heterocycles. The third-order valence-electron chi connectivity index (χ3n) is 2.65. The van der Waals surface area contributed by atoms with E-state index in [0.717, 1.165) is 38.9 Å². The number of aliphatic hydroxyl groups excluding tert-OH is 2. The fourth-order valence-electron chi connectivity index (χ4n) is 1.72. The molecule has 0 aromatic rings. The van der Waals surface area contributed by atoms with Crippen LogP contribution in [-0.2, 0) is 4.74 Å². The molecule has 3 heteroatoms. The van der Waals surface area contributed by atoms with E-state index in [-0.39, 0.29) is 18.6 Å². The molecule has 14 heavy (non-hydrogen) atoms. The fourth-order valence-corrected chi connectivity index (χ4v) is 1.72. The van der Waals surface area contributed by atoms with Crippen LogP contribution < -0.4 is 0 Å². The van der Waals surface area contributed by atoms with Crippen LogP contribution >= 0.6 is 0 Å². The summed E-state index contributed by atoms with van der Waals surface area (Å²) in [6.45, 7) is 5.65. The number of aliphatic hydroxyl groups is 2. The van der Waals surface area contributed by atoms with Gasteiger partial charge in [-0.2, -0.15) is 0 Å². The van der Waals surface area contributed by atoms with Crippen molar-refractivity contribution in [2.75, 3.05) is 26.4 Å². The molecule has 0 bridgehead atoms. The van der Waals surface area contributed by atoms with Crippen molar-refractivity contribution in [1.82, 2.24) is 0 Å². The summed E-state index contributed by atoms with van der Waals surface area (Å²) in [5.74, 6) is 0. The molecule has 0 radical (unpaired) electrons. The zero-order valence-electron chi connectivity index (χ0n) is 9.46. The molecule has 0 fully saturated rings. The summed E-state index contributed by atoms with van der Waals surface area (Å²) in [7, 11) is 0. The lowest BCUT2D eigenvalue weighted by atomic mass is 9.81. The summed E-state index contributed by atoms with van der Waals surface area (Å²) in [6, 6.07) is 0. The Labute approximate surface area is 87.1 Å². The van der Waals surface area contributed by atoms with Crippen LogP contribution in [0, 0.1) is 5.41 Å². The molecule has 0 aliphatic rings. The maximum Gasteiger partial charge on any atom is 0.0509 e. The Morgan fingerprint density at radius 1 is 1.07 bits per heavy atom. The van der Waals surface area contributed by atoms with Crippen LogP contribution in [0.5, 0.6) is 0 Å². The molecule has 0 rings (SSSR count). The van der Waals surface area contributed by atoms with Gasteiger partial charge in [-0.3, -0.25) is 0 Å². The second-order valence-electron chi connectivity index (χ2n) is 3.87. The summed E-state index contributed by atoms with van der Waals surface area (Å²) in [5.41, 5.74) is -0.286. The van der Waals surface area contributed by atoms with Gasteiger partial charge in [0.15, 0.2) is 0 Å². The van der Waals surface area contributed by atoms with Crippen LogP contribution in [0.3, 0.4) is 0 Å². The van der Waals surface area contributed by atoms with E-state index in [0.29, 0.717) is 0 Å². The average molecular weight is 204 g/mol. The van der Waals surface area contributed by atoms with Crippen molar-refractivity contribution in [3.05, 3.63) is 0 Å². The van der Waals surface area contributed by atoms with Gasteiger partial charge in [-0.25, -0.2) is 0 Å². The molecule has 0 heterocycles. The first-order valence-electron chi connectivity index (χ1n) is 5.54. The Morgan fingerprint density at radius 2 is 1.71 bits per heavy atom. The normalized spacial score (nSPS) is 12.0. The van der Waals surface area contributed by atoms with E-state index < -0.39 is 0 Å². The highest BCUT2D eigenvalue weighted by Crippen LogP contribution is 2.28. The first kappa shape index (κ1) is 13.9. The molecule has 3 nitrogen and oxygen atoms in total. The van der Waals surface area contributed by atoms with E-state index >= 15 is 0 Å². The highest BCUT2D eigenvalue weighted by Gasteiger charge is 2.26. The molecular formula is C11H24O3. The second-order valence-corrected chi connectivity index (χ2v) is 3.87. The maximum absolute atomic E-state index is 9.26. The molecule has 0 spiro atoms. The monoisotopic (exact) mass is 204 g/mol. The SMILES string of the molecule is CCCC(CO)(CO)CCCOCC. The second kappa shape index (κ2) is 8.21. The minimum atomic E-state index is -0.286. The van der Waals surface area contributed by atoms with E-state index in [1.807, 2.05) is 6.92 Å².